The summed E-state index contributed by atoms with van der Waals surface area (Å²) in [4.78, 5) is 17.0. The molecule has 1 fully saturated rings. The van der Waals surface area contributed by atoms with E-state index < -0.39 is 10.0 Å². The van der Waals surface area contributed by atoms with Gasteiger partial charge in [0.15, 0.2) is 0 Å². The van der Waals surface area contributed by atoms with Gasteiger partial charge in [-0.05, 0) is 37.5 Å². The molecule has 2 heterocycles. The van der Waals surface area contributed by atoms with Crippen LogP contribution in [-0.2, 0) is 14.8 Å². The van der Waals surface area contributed by atoms with Crippen LogP contribution in [0.25, 0.3) is 10.9 Å². The average Bonchev–Trinajstić information content (AvgIpc) is 2.61. The first kappa shape index (κ1) is 17.8. The van der Waals surface area contributed by atoms with E-state index in [-0.39, 0.29) is 24.1 Å². The molecule has 2 aromatic rings. The fourth-order valence-electron chi connectivity index (χ4n) is 3.16. The van der Waals surface area contributed by atoms with Gasteiger partial charge >= 0.3 is 0 Å². The fourth-order valence-corrected chi connectivity index (χ4v) is 4.75. The highest BCUT2D eigenvalue weighted by atomic mass is 32.2. The molecular weight excluding hydrogens is 338 g/mol. The molecule has 0 aliphatic carbocycles. The van der Waals surface area contributed by atoms with Gasteiger partial charge in [-0.3, -0.25) is 4.79 Å². The highest BCUT2D eigenvalue weighted by Gasteiger charge is 2.31. The fraction of sp³-hybridized carbons (Fsp3) is 0.444. The van der Waals surface area contributed by atoms with Gasteiger partial charge in [-0.1, -0.05) is 25.1 Å². The van der Waals surface area contributed by atoms with Gasteiger partial charge < -0.3 is 5.32 Å². The Bertz CT molecular complexity index is 867. The average molecular weight is 361 g/mol. The minimum Gasteiger partial charge on any atom is -0.310 e. The standard InChI is InChI=1S/C18H23N3O3S/c1-2-12-25(23,24)21-11-5-7-15(13-21)18(22)20-17-10-9-14-6-3-4-8-16(14)19-17/h3-4,6,8-10,15H,2,5,7,11-13H2,1H3,(H,19,20,22). The first-order chi connectivity index (χ1) is 12.0. The Labute approximate surface area is 148 Å². The number of rotatable bonds is 5. The molecule has 0 radical (unpaired) electrons. The first-order valence-electron chi connectivity index (χ1n) is 8.64. The number of sulfonamides is 1. The number of hydrogen-bond donors (Lipinski definition) is 1. The molecule has 7 heteroatoms. The van der Waals surface area contributed by atoms with Crippen molar-refractivity contribution in [3.05, 3.63) is 36.4 Å². The van der Waals surface area contributed by atoms with E-state index >= 15 is 0 Å². The summed E-state index contributed by atoms with van der Waals surface area (Å²) >= 11 is 0. The molecule has 1 aliphatic rings. The van der Waals surface area contributed by atoms with E-state index in [4.69, 9.17) is 0 Å². The van der Waals surface area contributed by atoms with Crippen LogP contribution in [-0.4, -0.2) is 42.5 Å². The largest absolute Gasteiger partial charge is 0.310 e. The van der Waals surface area contributed by atoms with Crippen molar-refractivity contribution in [1.29, 1.82) is 0 Å². The van der Waals surface area contributed by atoms with Crippen molar-refractivity contribution in [3.8, 4) is 0 Å². The molecular formula is C18H23N3O3S. The number of hydrogen-bond acceptors (Lipinski definition) is 4. The lowest BCUT2D eigenvalue weighted by Gasteiger charge is -2.31. The number of nitrogens with one attached hydrogen (secondary N) is 1. The zero-order valence-electron chi connectivity index (χ0n) is 14.3. The molecule has 0 bridgehead atoms. The Morgan fingerprint density at radius 1 is 1.28 bits per heavy atom. The van der Waals surface area contributed by atoms with E-state index in [9.17, 15) is 13.2 Å². The summed E-state index contributed by atoms with van der Waals surface area (Å²) in [6.07, 6.45) is 1.97. The third-order valence-corrected chi connectivity index (χ3v) is 6.50. The lowest BCUT2D eigenvalue weighted by Crippen LogP contribution is -2.44. The molecule has 1 unspecified atom stereocenters. The monoisotopic (exact) mass is 361 g/mol. The van der Waals surface area contributed by atoms with Crippen LogP contribution in [0.1, 0.15) is 26.2 Å². The van der Waals surface area contributed by atoms with E-state index in [2.05, 4.69) is 10.3 Å². The Morgan fingerprint density at radius 2 is 2.08 bits per heavy atom. The Hall–Kier alpha value is -1.99. The number of amides is 1. The summed E-state index contributed by atoms with van der Waals surface area (Å²) in [5.41, 5.74) is 0.816. The molecule has 1 aliphatic heterocycles. The van der Waals surface area contributed by atoms with Crippen molar-refractivity contribution in [3.63, 3.8) is 0 Å². The molecule has 1 N–H and O–H groups in total. The maximum absolute atomic E-state index is 12.6. The number of nitrogens with zero attached hydrogens (tertiary/aromatic N) is 2. The van der Waals surface area contributed by atoms with Gasteiger partial charge in [0.2, 0.25) is 15.9 Å². The third kappa shape index (κ3) is 4.16. The van der Waals surface area contributed by atoms with Crippen molar-refractivity contribution in [2.24, 2.45) is 5.92 Å². The van der Waals surface area contributed by atoms with Gasteiger partial charge in [-0.15, -0.1) is 0 Å². The van der Waals surface area contributed by atoms with Crippen molar-refractivity contribution in [1.82, 2.24) is 9.29 Å². The Kier molecular flexibility index (Phi) is 5.34. The maximum atomic E-state index is 12.6. The van der Waals surface area contributed by atoms with E-state index in [1.165, 1.54) is 4.31 Å². The Balaban J connectivity index is 1.69. The second-order valence-corrected chi connectivity index (χ2v) is 8.48. The van der Waals surface area contributed by atoms with Crippen LogP contribution < -0.4 is 5.32 Å². The SMILES string of the molecule is CCCS(=O)(=O)N1CCCC(C(=O)Nc2ccc3ccccc3n2)C1. The lowest BCUT2D eigenvalue weighted by molar-refractivity contribution is -0.120. The van der Waals surface area contributed by atoms with Gasteiger partial charge in [0, 0.05) is 18.5 Å². The first-order valence-corrected chi connectivity index (χ1v) is 10.2. The lowest BCUT2D eigenvalue weighted by atomic mass is 9.99. The van der Waals surface area contributed by atoms with Crippen LogP contribution in [0, 0.1) is 5.92 Å². The Morgan fingerprint density at radius 3 is 2.88 bits per heavy atom. The highest BCUT2D eigenvalue weighted by molar-refractivity contribution is 7.89. The molecule has 1 aromatic heterocycles. The molecule has 1 aromatic carbocycles. The van der Waals surface area contributed by atoms with E-state index in [1.54, 1.807) is 6.07 Å². The van der Waals surface area contributed by atoms with Crippen LogP contribution in [0.3, 0.4) is 0 Å². The molecule has 0 saturated carbocycles. The zero-order valence-corrected chi connectivity index (χ0v) is 15.1. The predicted octanol–water partition coefficient (Wildman–Crippen LogP) is 2.63. The van der Waals surface area contributed by atoms with Crippen LogP contribution in [0.2, 0.25) is 0 Å². The van der Waals surface area contributed by atoms with E-state index in [0.29, 0.717) is 31.6 Å². The number of pyridine rings is 1. The molecule has 1 saturated heterocycles. The van der Waals surface area contributed by atoms with Crippen molar-refractivity contribution >= 4 is 32.7 Å². The van der Waals surface area contributed by atoms with Gasteiger partial charge in [0.05, 0.1) is 17.2 Å². The normalized spacial score (nSPS) is 19.0. The number of benzene rings is 1. The molecule has 25 heavy (non-hydrogen) atoms. The van der Waals surface area contributed by atoms with Crippen LogP contribution in [0.4, 0.5) is 5.82 Å². The zero-order chi connectivity index (χ0) is 17.9. The van der Waals surface area contributed by atoms with Crippen LogP contribution in [0.15, 0.2) is 36.4 Å². The molecule has 1 atom stereocenters. The molecule has 1 amide bonds. The second kappa shape index (κ2) is 7.49. The predicted molar refractivity (Wildman–Crippen MR) is 98.7 cm³/mol. The minimum absolute atomic E-state index is 0.133. The number of anilines is 1. The third-order valence-electron chi connectivity index (χ3n) is 4.46. The van der Waals surface area contributed by atoms with Gasteiger partial charge in [0.1, 0.15) is 5.82 Å². The quantitative estimate of drug-likeness (QED) is 0.888. The minimum atomic E-state index is -3.26. The van der Waals surface area contributed by atoms with Crippen LogP contribution >= 0.6 is 0 Å². The number of carbonyl (C=O) groups excluding carboxylic acids is 1. The van der Waals surface area contributed by atoms with Gasteiger partial charge in [0.25, 0.3) is 0 Å². The summed E-state index contributed by atoms with van der Waals surface area (Å²) in [5, 5.41) is 3.85. The summed E-state index contributed by atoms with van der Waals surface area (Å²) in [6, 6.07) is 11.4. The number of fused-ring (bicyclic) bond motifs is 1. The molecule has 134 valence electrons. The summed E-state index contributed by atoms with van der Waals surface area (Å²) in [5.74, 6) is 0.123. The molecule has 0 spiro atoms. The summed E-state index contributed by atoms with van der Waals surface area (Å²) in [7, 11) is -3.26. The second-order valence-electron chi connectivity index (χ2n) is 6.39. The smallest absolute Gasteiger partial charge is 0.229 e. The summed E-state index contributed by atoms with van der Waals surface area (Å²) in [6.45, 7) is 2.60. The molecule has 3 rings (SSSR count). The van der Waals surface area contributed by atoms with Crippen molar-refractivity contribution < 1.29 is 13.2 Å². The van der Waals surface area contributed by atoms with Gasteiger partial charge in [-0.25, -0.2) is 17.7 Å². The summed E-state index contributed by atoms with van der Waals surface area (Å²) < 4.78 is 25.9. The maximum Gasteiger partial charge on any atom is 0.229 e. The van der Waals surface area contributed by atoms with E-state index in [1.807, 2.05) is 37.3 Å². The topological polar surface area (TPSA) is 79.4 Å². The van der Waals surface area contributed by atoms with Crippen molar-refractivity contribution in [2.45, 2.75) is 26.2 Å². The van der Waals surface area contributed by atoms with Crippen molar-refractivity contribution in [2.75, 3.05) is 24.2 Å². The van der Waals surface area contributed by atoms with Crippen LogP contribution in [0.5, 0.6) is 0 Å². The number of para-hydroxylation sites is 1. The highest BCUT2D eigenvalue weighted by Crippen LogP contribution is 2.22. The van der Waals surface area contributed by atoms with E-state index in [0.717, 1.165) is 10.9 Å². The number of piperidine rings is 1. The van der Waals surface area contributed by atoms with Gasteiger partial charge in [-0.2, -0.15) is 0 Å². The number of aromatic nitrogens is 1. The molecule has 6 nitrogen and oxygen atoms in total. The number of carbonyl (C=O) groups is 1.